The maximum atomic E-state index is 12.6. The third-order valence-corrected chi connectivity index (χ3v) is 5.23. The van der Waals surface area contributed by atoms with E-state index in [4.69, 9.17) is 0 Å². The van der Waals surface area contributed by atoms with Gasteiger partial charge in [-0.1, -0.05) is 51.5 Å². The van der Waals surface area contributed by atoms with Gasteiger partial charge in [-0.2, -0.15) is 5.10 Å². The summed E-state index contributed by atoms with van der Waals surface area (Å²) in [5.41, 5.74) is 2.29. The van der Waals surface area contributed by atoms with E-state index < -0.39 is 0 Å². The standard InChI is InChI=1S/C21H30N4O2/c1-21(2,3)17-11-9-16(10-12-17)14-23(4)19(26)15-25-20(27)24-13-7-5-6-8-18(24)22-25/h9-12H,5-8,13-15H2,1-4H3. The molecule has 1 aliphatic rings. The Hall–Kier alpha value is -2.37. The summed E-state index contributed by atoms with van der Waals surface area (Å²) in [6.45, 7) is 7.77. The predicted octanol–water partition coefficient (Wildman–Crippen LogP) is 2.73. The maximum absolute atomic E-state index is 12.6. The Morgan fingerprint density at radius 3 is 2.52 bits per heavy atom. The molecule has 0 atom stereocenters. The minimum absolute atomic E-state index is 0.00456. The Kier molecular flexibility index (Phi) is 5.53. The van der Waals surface area contributed by atoms with E-state index in [1.165, 1.54) is 10.2 Å². The number of nitrogens with zero attached hydrogens (tertiary/aromatic N) is 4. The SMILES string of the molecule is CN(Cc1ccc(C(C)(C)C)cc1)C(=O)Cn1nc2n(c1=O)CCCCC2. The number of likely N-dealkylation sites (N-methyl/N-ethyl adjacent to an activating group) is 1. The fourth-order valence-electron chi connectivity index (χ4n) is 3.45. The van der Waals surface area contributed by atoms with Crippen LogP contribution in [0.2, 0.25) is 0 Å². The first-order valence-electron chi connectivity index (χ1n) is 9.75. The molecule has 0 N–H and O–H groups in total. The van der Waals surface area contributed by atoms with Crippen LogP contribution in [0.1, 0.15) is 57.0 Å². The molecule has 0 fully saturated rings. The zero-order chi connectivity index (χ0) is 19.6. The molecular weight excluding hydrogens is 340 g/mol. The molecular formula is C21H30N4O2. The van der Waals surface area contributed by atoms with Gasteiger partial charge in [0.2, 0.25) is 5.91 Å². The van der Waals surface area contributed by atoms with Crippen molar-refractivity contribution in [2.45, 2.75) is 71.5 Å². The van der Waals surface area contributed by atoms with Crippen LogP contribution in [0.15, 0.2) is 29.1 Å². The fraction of sp³-hybridized carbons (Fsp3) is 0.571. The molecule has 0 unspecified atom stereocenters. The number of aryl methyl sites for hydroxylation is 1. The molecule has 1 amide bonds. The number of aromatic nitrogens is 3. The summed E-state index contributed by atoms with van der Waals surface area (Å²) >= 11 is 0. The normalized spacial score (nSPS) is 14.5. The fourth-order valence-corrected chi connectivity index (χ4v) is 3.45. The molecule has 6 nitrogen and oxygen atoms in total. The number of rotatable bonds is 4. The Balaban J connectivity index is 1.65. The lowest BCUT2D eigenvalue weighted by molar-refractivity contribution is -0.131. The van der Waals surface area contributed by atoms with Crippen molar-refractivity contribution in [1.29, 1.82) is 0 Å². The van der Waals surface area contributed by atoms with E-state index >= 15 is 0 Å². The van der Waals surface area contributed by atoms with E-state index in [2.05, 4.69) is 50.1 Å². The van der Waals surface area contributed by atoms with Gasteiger partial charge in [-0.05, 0) is 29.4 Å². The summed E-state index contributed by atoms with van der Waals surface area (Å²) in [6, 6.07) is 8.36. The largest absolute Gasteiger partial charge is 0.346 e. The van der Waals surface area contributed by atoms with E-state index in [1.807, 2.05) is 0 Å². The highest BCUT2D eigenvalue weighted by atomic mass is 16.2. The summed E-state index contributed by atoms with van der Waals surface area (Å²) in [5.74, 6) is 0.705. The number of hydrogen-bond donors (Lipinski definition) is 0. The highest BCUT2D eigenvalue weighted by Crippen LogP contribution is 2.22. The Morgan fingerprint density at radius 1 is 1.15 bits per heavy atom. The van der Waals surface area contributed by atoms with Crippen LogP contribution in [-0.2, 0) is 36.3 Å². The van der Waals surface area contributed by atoms with Crippen molar-refractivity contribution < 1.29 is 4.79 Å². The molecule has 6 heteroatoms. The first-order valence-corrected chi connectivity index (χ1v) is 9.75. The van der Waals surface area contributed by atoms with Gasteiger partial charge in [-0.3, -0.25) is 9.36 Å². The van der Waals surface area contributed by atoms with E-state index in [0.29, 0.717) is 13.1 Å². The number of fused-ring (bicyclic) bond motifs is 1. The number of benzene rings is 1. The third kappa shape index (κ3) is 4.49. The molecule has 27 heavy (non-hydrogen) atoms. The summed E-state index contributed by atoms with van der Waals surface area (Å²) in [4.78, 5) is 26.8. The summed E-state index contributed by atoms with van der Waals surface area (Å²) in [6.07, 6.45) is 3.98. The first kappa shape index (κ1) is 19.4. The first-order chi connectivity index (χ1) is 12.8. The molecule has 0 saturated carbocycles. The zero-order valence-electron chi connectivity index (χ0n) is 16.9. The van der Waals surface area contributed by atoms with Crippen molar-refractivity contribution >= 4 is 5.91 Å². The van der Waals surface area contributed by atoms with Gasteiger partial charge < -0.3 is 4.90 Å². The highest BCUT2D eigenvalue weighted by molar-refractivity contribution is 5.75. The van der Waals surface area contributed by atoms with Crippen LogP contribution in [0.3, 0.4) is 0 Å². The average molecular weight is 370 g/mol. The van der Waals surface area contributed by atoms with Crippen LogP contribution in [0.4, 0.5) is 0 Å². The summed E-state index contributed by atoms with van der Waals surface area (Å²) < 4.78 is 3.05. The minimum Gasteiger partial charge on any atom is -0.340 e. The van der Waals surface area contributed by atoms with Crippen LogP contribution in [0, 0.1) is 0 Å². The van der Waals surface area contributed by atoms with Crippen LogP contribution in [-0.4, -0.2) is 32.2 Å². The number of carbonyl (C=O) groups is 1. The monoisotopic (exact) mass is 370 g/mol. The zero-order valence-corrected chi connectivity index (χ0v) is 16.9. The molecule has 146 valence electrons. The molecule has 1 aliphatic heterocycles. The molecule has 0 saturated heterocycles. The molecule has 3 rings (SSSR count). The quantitative estimate of drug-likeness (QED) is 0.831. The van der Waals surface area contributed by atoms with E-state index in [1.54, 1.807) is 16.5 Å². The van der Waals surface area contributed by atoms with Crippen molar-refractivity contribution in [3.05, 3.63) is 51.7 Å². The molecule has 0 bridgehead atoms. The molecule has 0 radical (unpaired) electrons. The second-order valence-electron chi connectivity index (χ2n) is 8.52. The van der Waals surface area contributed by atoms with Gasteiger partial charge in [0.1, 0.15) is 12.4 Å². The Morgan fingerprint density at radius 2 is 1.85 bits per heavy atom. The van der Waals surface area contributed by atoms with Crippen LogP contribution < -0.4 is 5.69 Å². The molecule has 0 aliphatic carbocycles. The van der Waals surface area contributed by atoms with Gasteiger partial charge >= 0.3 is 5.69 Å². The van der Waals surface area contributed by atoms with E-state index in [-0.39, 0.29) is 23.6 Å². The van der Waals surface area contributed by atoms with Crippen LogP contribution >= 0.6 is 0 Å². The smallest absolute Gasteiger partial charge is 0.340 e. The van der Waals surface area contributed by atoms with E-state index in [9.17, 15) is 9.59 Å². The maximum Gasteiger partial charge on any atom is 0.346 e. The van der Waals surface area contributed by atoms with Gasteiger partial charge in [-0.25, -0.2) is 9.48 Å². The average Bonchev–Trinajstić information content (AvgIpc) is 2.78. The lowest BCUT2D eigenvalue weighted by Crippen LogP contribution is -2.34. The second-order valence-corrected chi connectivity index (χ2v) is 8.52. The Labute approximate surface area is 160 Å². The lowest BCUT2D eigenvalue weighted by Gasteiger charge is -2.21. The number of hydrogen-bond acceptors (Lipinski definition) is 3. The van der Waals surface area contributed by atoms with Crippen molar-refractivity contribution in [2.75, 3.05) is 7.05 Å². The van der Waals surface area contributed by atoms with Crippen LogP contribution in [0.25, 0.3) is 0 Å². The number of amides is 1. The lowest BCUT2D eigenvalue weighted by atomic mass is 9.87. The van der Waals surface area contributed by atoms with Gasteiger partial charge in [-0.15, -0.1) is 0 Å². The second kappa shape index (κ2) is 7.71. The molecule has 2 aromatic rings. The summed E-state index contributed by atoms with van der Waals surface area (Å²) in [7, 11) is 1.77. The van der Waals surface area contributed by atoms with Gasteiger partial charge in [0, 0.05) is 26.6 Å². The number of carbonyl (C=O) groups excluding carboxylic acids is 1. The molecule has 1 aromatic carbocycles. The molecule has 2 heterocycles. The van der Waals surface area contributed by atoms with E-state index in [0.717, 1.165) is 37.1 Å². The van der Waals surface area contributed by atoms with Crippen molar-refractivity contribution in [2.24, 2.45) is 0 Å². The Bertz CT molecular complexity index is 856. The topological polar surface area (TPSA) is 60.1 Å². The predicted molar refractivity (Wildman–Crippen MR) is 106 cm³/mol. The van der Waals surface area contributed by atoms with Gasteiger partial charge in [0.05, 0.1) is 0 Å². The van der Waals surface area contributed by atoms with Crippen molar-refractivity contribution in [3.63, 3.8) is 0 Å². The van der Waals surface area contributed by atoms with Crippen molar-refractivity contribution in [3.8, 4) is 0 Å². The van der Waals surface area contributed by atoms with Gasteiger partial charge in [0.25, 0.3) is 0 Å². The van der Waals surface area contributed by atoms with Crippen molar-refractivity contribution in [1.82, 2.24) is 19.2 Å². The third-order valence-electron chi connectivity index (χ3n) is 5.23. The summed E-state index contributed by atoms with van der Waals surface area (Å²) in [5, 5.41) is 4.40. The van der Waals surface area contributed by atoms with Crippen LogP contribution in [0.5, 0.6) is 0 Å². The highest BCUT2D eigenvalue weighted by Gasteiger charge is 2.19. The van der Waals surface area contributed by atoms with Gasteiger partial charge in [0.15, 0.2) is 0 Å². The minimum atomic E-state index is -0.164. The molecule has 0 spiro atoms. The molecule has 1 aromatic heterocycles.